The van der Waals surface area contributed by atoms with Crippen molar-refractivity contribution in [3.8, 4) is 22.6 Å². The van der Waals surface area contributed by atoms with Gasteiger partial charge in [0.05, 0.1) is 23.0 Å². The summed E-state index contributed by atoms with van der Waals surface area (Å²) in [6, 6.07) is 9.89. The van der Waals surface area contributed by atoms with Gasteiger partial charge < -0.3 is 25.0 Å². The summed E-state index contributed by atoms with van der Waals surface area (Å²) in [7, 11) is 0. The Morgan fingerprint density at radius 2 is 1.94 bits per heavy atom. The highest BCUT2D eigenvalue weighted by Crippen LogP contribution is 2.37. The minimum atomic E-state index is -0.723. The lowest BCUT2D eigenvalue weighted by molar-refractivity contribution is -0.122. The van der Waals surface area contributed by atoms with E-state index < -0.39 is 12.1 Å². The lowest BCUT2D eigenvalue weighted by atomic mass is 10.0. The van der Waals surface area contributed by atoms with E-state index in [1.807, 2.05) is 30.5 Å². The average molecular weight is 439 g/mol. The fraction of sp³-hybridized carbons (Fsp3) is 0.318. The van der Waals surface area contributed by atoms with Crippen LogP contribution < -0.4 is 20.1 Å². The summed E-state index contributed by atoms with van der Waals surface area (Å²) >= 11 is 1.41. The minimum absolute atomic E-state index is 0.133. The van der Waals surface area contributed by atoms with Crippen LogP contribution in [-0.4, -0.2) is 60.1 Å². The number of amides is 3. The largest absolute Gasteiger partial charge is 0.454 e. The van der Waals surface area contributed by atoms with Gasteiger partial charge in [0.2, 0.25) is 18.6 Å². The second kappa shape index (κ2) is 7.81. The number of ether oxygens (including phenoxy) is 2. The molecule has 0 radical (unpaired) electrons. The first-order valence-electron chi connectivity index (χ1n) is 9.99. The Morgan fingerprint density at radius 1 is 1.16 bits per heavy atom. The number of fused-ring (bicyclic) bond motifs is 3. The molecule has 31 heavy (non-hydrogen) atoms. The number of nitrogens with zero attached hydrogens (tertiary/aromatic N) is 1. The highest BCUT2D eigenvalue weighted by Gasteiger charge is 2.45. The third-order valence-electron chi connectivity index (χ3n) is 5.76. The van der Waals surface area contributed by atoms with Crippen molar-refractivity contribution in [2.75, 3.05) is 30.7 Å². The molecule has 3 aliphatic rings. The zero-order valence-electron chi connectivity index (χ0n) is 16.8. The van der Waals surface area contributed by atoms with Gasteiger partial charge in [0.1, 0.15) is 6.04 Å². The van der Waals surface area contributed by atoms with E-state index in [9.17, 15) is 14.4 Å². The summed E-state index contributed by atoms with van der Waals surface area (Å²) in [5.74, 6) is 1.04. The van der Waals surface area contributed by atoms with Crippen molar-refractivity contribution in [1.29, 1.82) is 0 Å². The molecule has 160 valence electrons. The smallest absolute Gasteiger partial charge is 0.256 e. The molecule has 3 amide bonds. The lowest BCUT2D eigenvalue weighted by Gasteiger charge is -2.24. The van der Waals surface area contributed by atoms with Gasteiger partial charge in [-0.25, -0.2) is 0 Å². The summed E-state index contributed by atoms with van der Waals surface area (Å²) in [6.07, 6.45) is 2.39. The second-order valence-electron chi connectivity index (χ2n) is 7.66. The van der Waals surface area contributed by atoms with Gasteiger partial charge in [-0.15, -0.1) is 0 Å². The zero-order valence-corrected chi connectivity index (χ0v) is 17.7. The quantitative estimate of drug-likeness (QED) is 0.757. The Morgan fingerprint density at radius 3 is 2.77 bits per heavy atom. The maximum atomic E-state index is 13.4. The number of anilines is 1. The van der Waals surface area contributed by atoms with Crippen LogP contribution in [0.5, 0.6) is 11.5 Å². The van der Waals surface area contributed by atoms with Crippen molar-refractivity contribution in [1.82, 2.24) is 10.2 Å². The van der Waals surface area contributed by atoms with Gasteiger partial charge in [0.15, 0.2) is 11.5 Å². The predicted octanol–water partition coefficient (Wildman–Crippen LogP) is 2.10. The van der Waals surface area contributed by atoms with Crippen molar-refractivity contribution in [2.45, 2.75) is 18.5 Å². The molecule has 0 saturated carbocycles. The Balaban J connectivity index is 1.45. The third-order valence-corrected chi connectivity index (χ3v) is 6.31. The van der Waals surface area contributed by atoms with Crippen LogP contribution in [0, 0.1) is 0 Å². The first-order chi connectivity index (χ1) is 15.0. The van der Waals surface area contributed by atoms with Crippen molar-refractivity contribution in [3.63, 3.8) is 0 Å². The number of hydrogen-bond acceptors (Lipinski definition) is 6. The Kier molecular flexibility index (Phi) is 4.97. The molecule has 0 aliphatic carbocycles. The fourth-order valence-electron chi connectivity index (χ4n) is 4.32. The van der Waals surface area contributed by atoms with Crippen LogP contribution in [0.4, 0.5) is 5.69 Å². The molecule has 0 aromatic heterocycles. The van der Waals surface area contributed by atoms with Crippen LogP contribution in [0.2, 0.25) is 0 Å². The first kappa shape index (κ1) is 19.7. The summed E-state index contributed by atoms with van der Waals surface area (Å²) in [4.78, 5) is 39.9. The molecular formula is C22H21N3O5S. The maximum absolute atomic E-state index is 13.4. The van der Waals surface area contributed by atoms with Gasteiger partial charge in [0.25, 0.3) is 5.91 Å². The maximum Gasteiger partial charge on any atom is 0.256 e. The Bertz CT molecular complexity index is 1090. The van der Waals surface area contributed by atoms with Crippen molar-refractivity contribution >= 4 is 35.2 Å². The van der Waals surface area contributed by atoms with Gasteiger partial charge in [0, 0.05) is 6.54 Å². The van der Waals surface area contributed by atoms with Crippen LogP contribution in [-0.2, 0) is 9.59 Å². The zero-order chi connectivity index (χ0) is 21.5. The number of rotatable bonds is 4. The normalized spacial score (nSPS) is 21.3. The summed E-state index contributed by atoms with van der Waals surface area (Å²) in [5, 5.41) is 5.78. The van der Waals surface area contributed by atoms with E-state index in [0.717, 1.165) is 11.1 Å². The summed E-state index contributed by atoms with van der Waals surface area (Å²) in [6.45, 7) is 0.604. The number of hydrogen-bond donors (Lipinski definition) is 2. The van der Waals surface area contributed by atoms with E-state index in [2.05, 4.69) is 10.6 Å². The number of benzene rings is 2. The third kappa shape index (κ3) is 3.48. The number of nitrogens with one attached hydrogen (secondary N) is 2. The molecule has 1 saturated heterocycles. The molecule has 3 heterocycles. The highest BCUT2D eigenvalue weighted by atomic mass is 32.2. The molecule has 2 atom stereocenters. The van der Waals surface area contributed by atoms with Gasteiger partial charge >= 0.3 is 0 Å². The SMILES string of the molecule is CSCC(=O)N[C@@H]1CCN2C(=O)c3cc(-c4ccc5c(c4)OCO5)ccc3NC(=O)[C@H]12. The molecule has 2 aromatic carbocycles. The van der Waals surface area contributed by atoms with E-state index in [1.54, 1.807) is 17.0 Å². The van der Waals surface area contributed by atoms with Crippen LogP contribution in [0.15, 0.2) is 36.4 Å². The van der Waals surface area contributed by atoms with E-state index in [1.165, 1.54) is 11.8 Å². The molecule has 3 aliphatic heterocycles. The average Bonchev–Trinajstić information content (AvgIpc) is 3.37. The molecular weight excluding hydrogens is 418 g/mol. The number of thioether (sulfide) groups is 1. The van der Waals surface area contributed by atoms with Crippen LogP contribution in [0.25, 0.3) is 11.1 Å². The van der Waals surface area contributed by atoms with Gasteiger partial charge in [-0.05, 0) is 48.1 Å². The molecule has 5 rings (SSSR count). The van der Waals surface area contributed by atoms with Gasteiger partial charge in [-0.2, -0.15) is 11.8 Å². The predicted molar refractivity (Wildman–Crippen MR) is 116 cm³/mol. The lowest BCUT2D eigenvalue weighted by Crippen LogP contribution is -2.51. The van der Waals surface area contributed by atoms with Gasteiger partial charge in [-0.1, -0.05) is 12.1 Å². The van der Waals surface area contributed by atoms with E-state index >= 15 is 0 Å². The summed E-state index contributed by atoms with van der Waals surface area (Å²) in [5.41, 5.74) is 2.63. The second-order valence-corrected chi connectivity index (χ2v) is 8.52. The van der Waals surface area contributed by atoms with E-state index in [4.69, 9.17) is 9.47 Å². The number of carbonyl (C=O) groups is 3. The fourth-order valence-corrected chi connectivity index (χ4v) is 4.67. The molecule has 0 bridgehead atoms. The Labute approximate surface area is 183 Å². The van der Waals surface area contributed by atoms with Crippen LogP contribution >= 0.6 is 11.8 Å². The molecule has 2 N–H and O–H groups in total. The van der Waals surface area contributed by atoms with Gasteiger partial charge in [-0.3, -0.25) is 14.4 Å². The Hall–Kier alpha value is -3.20. The van der Waals surface area contributed by atoms with Crippen LogP contribution in [0.1, 0.15) is 16.8 Å². The first-order valence-corrected chi connectivity index (χ1v) is 11.4. The standard InChI is InChI=1S/C22H21N3O5S/c1-31-10-19(26)23-16-6-7-25-20(16)21(27)24-15-4-2-12(8-14(15)22(25)28)13-3-5-17-18(9-13)30-11-29-17/h2-5,8-9,16,20H,6-7,10-11H2,1H3,(H,23,26)(H,24,27)/t16-,20+/m1/s1. The van der Waals surface area contributed by atoms with E-state index in [-0.39, 0.29) is 24.5 Å². The van der Waals surface area contributed by atoms with E-state index in [0.29, 0.717) is 41.5 Å². The highest BCUT2D eigenvalue weighted by molar-refractivity contribution is 7.99. The molecule has 8 nitrogen and oxygen atoms in total. The van der Waals surface area contributed by atoms with Crippen molar-refractivity contribution < 1.29 is 23.9 Å². The van der Waals surface area contributed by atoms with Crippen molar-refractivity contribution in [2.24, 2.45) is 0 Å². The minimum Gasteiger partial charge on any atom is -0.454 e. The van der Waals surface area contributed by atoms with Crippen molar-refractivity contribution in [3.05, 3.63) is 42.0 Å². The molecule has 2 aromatic rings. The molecule has 0 unspecified atom stereocenters. The monoisotopic (exact) mass is 439 g/mol. The van der Waals surface area contributed by atoms with Crippen LogP contribution in [0.3, 0.4) is 0 Å². The number of carbonyl (C=O) groups excluding carboxylic acids is 3. The topological polar surface area (TPSA) is 97.0 Å². The molecule has 0 spiro atoms. The molecule has 9 heteroatoms. The molecule has 1 fully saturated rings. The summed E-state index contributed by atoms with van der Waals surface area (Å²) < 4.78 is 10.8.